The Hall–Kier alpha value is -0.830. The molecule has 2 saturated carbocycles. The van der Waals surface area contributed by atoms with Gasteiger partial charge in [-0.25, -0.2) is 0 Å². The molecule has 0 heterocycles. The van der Waals surface area contributed by atoms with E-state index in [0.29, 0.717) is 17.8 Å². The maximum atomic E-state index is 11.5. The topological polar surface area (TPSA) is 57.5 Å². The van der Waals surface area contributed by atoms with Crippen LogP contribution in [0.4, 0.5) is 0 Å². The lowest BCUT2D eigenvalue weighted by Crippen LogP contribution is -2.49. The zero-order valence-corrected chi connectivity index (χ0v) is 11.1. The highest BCUT2D eigenvalue weighted by molar-refractivity contribution is 5.74. The van der Waals surface area contributed by atoms with Crippen LogP contribution in [0, 0.1) is 28.6 Å². The molecule has 0 bridgehead atoms. The molecule has 3 heteroatoms. The largest absolute Gasteiger partial charge is 0.481 e. The van der Waals surface area contributed by atoms with Gasteiger partial charge < -0.3 is 10.2 Å². The minimum absolute atomic E-state index is 0.146. The molecule has 0 unspecified atom stereocenters. The molecule has 0 aromatic carbocycles. The molecule has 3 rings (SSSR count). The van der Waals surface area contributed by atoms with E-state index in [0.717, 1.165) is 19.3 Å². The van der Waals surface area contributed by atoms with Crippen molar-refractivity contribution in [3.05, 3.63) is 11.6 Å². The summed E-state index contributed by atoms with van der Waals surface area (Å²) >= 11 is 0. The molecule has 100 valence electrons. The summed E-state index contributed by atoms with van der Waals surface area (Å²) in [5, 5.41) is 18.9. The number of hydrogen-bond donors (Lipinski definition) is 2. The Morgan fingerprint density at radius 1 is 1.44 bits per heavy atom. The Balaban J connectivity index is 1.96. The van der Waals surface area contributed by atoms with E-state index >= 15 is 0 Å². The summed E-state index contributed by atoms with van der Waals surface area (Å²) in [5.41, 5.74) is 0.838. The summed E-state index contributed by atoms with van der Waals surface area (Å²) in [6.45, 7) is 4.33. The molecule has 18 heavy (non-hydrogen) atoms. The van der Waals surface area contributed by atoms with Crippen molar-refractivity contribution in [2.45, 2.75) is 39.5 Å². The van der Waals surface area contributed by atoms with Crippen molar-refractivity contribution in [3.63, 3.8) is 0 Å². The van der Waals surface area contributed by atoms with E-state index in [4.69, 9.17) is 0 Å². The molecule has 0 aromatic heterocycles. The van der Waals surface area contributed by atoms with Gasteiger partial charge in [-0.05, 0) is 61.3 Å². The first kappa shape index (κ1) is 12.2. The number of hydrogen-bond acceptors (Lipinski definition) is 2. The fourth-order valence-electron chi connectivity index (χ4n) is 4.81. The van der Waals surface area contributed by atoms with Gasteiger partial charge in [0.05, 0.1) is 12.0 Å². The van der Waals surface area contributed by atoms with Gasteiger partial charge in [-0.2, -0.15) is 0 Å². The van der Waals surface area contributed by atoms with Crippen LogP contribution in [0.5, 0.6) is 0 Å². The van der Waals surface area contributed by atoms with Crippen molar-refractivity contribution >= 4 is 5.97 Å². The van der Waals surface area contributed by atoms with E-state index < -0.39 is 11.4 Å². The Morgan fingerprint density at radius 3 is 2.67 bits per heavy atom. The first-order valence-electron chi connectivity index (χ1n) is 6.95. The van der Waals surface area contributed by atoms with Crippen LogP contribution >= 0.6 is 0 Å². The lowest BCUT2D eigenvalue weighted by atomic mass is 9.48. The predicted octanol–water partition coefficient (Wildman–Crippen LogP) is 2.45. The number of carboxylic acids is 1. The van der Waals surface area contributed by atoms with Crippen LogP contribution in [0.3, 0.4) is 0 Å². The summed E-state index contributed by atoms with van der Waals surface area (Å²) in [7, 11) is 0. The van der Waals surface area contributed by atoms with Crippen molar-refractivity contribution in [3.8, 4) is 0 Å². The minimum Gasteiger partial charge on any atom is -0.481 e. The zero-order chi connectivity index (χ0) is 13.1. The molecule has 2 fully saturated rings. The summed E-state index contributed by atoms with van der Waals surface area (Å²) < 4.78 is 0. The van der Waals surface area contributed by atoms with Gasteiger partial charge in [-0.3, -0.25) is 4.79 Å². The van der Waals surface area contributed by atoms with E-state index in [2.05, 4.69) is 13.0 Å². The maximum absolute atomic E-state index is 11.5. The van der Waals surface area contributed by atoms with Gasteiger partial charge >= 0.3 is 5.97 Å². The molecule has 2 N–H and O–H groups in total. The highest BCUT2D eigenvalue weighted by Gasteiger charge is 2.60. The van der Waals surface area contributed by atoms with Crippen LogP contribution in [0.1, 0.15) is 39.5 Å². The van der Waals surface area contributed by atoms with Gasteiger partial charge in [0.15, 0.2) is 0 Å². The van der Waals surface area contributed by atoms with Crippen molar-refractivity contribution < 1.29 is 15.0 Å². The lowest BCUT2D eigenvalue weighted by Gasteiger charge is -2.56. The van der Waals surface area contributed by atoms with Crippen molar-refractivity contribution in [2.24, 2.45) is 28.6 Å². The smallest absolute Gasteiger partial charge is 0.309 e. The number of rotatable bonds is 2. The monoisotopic (exact) mass is 250 g/mol. The number of fused-ring (bicyclic) bond motifs is 3. The van der Waals surface area contributed by atoms with Gasteiger partial charge in [-0.15, -0.1) is 0 Å². The maximum Gasteiger partial charge on any atom is 0.309 e. The first-order valence-corrected chi connectivity index (χ1v) is 6.95. The molecule has 0 spiro atoms. The zero-order valence-electron chi connectivity index (χ0n) is 11.1. The lowest BCUT2D eigenvalue weighted by molar-refractivity contribution is -0.148. The highest BCUT2D eigenvalue weighted by atomic mass is 16.4. The number of allylic oxidation sites excluding steroid dienone is 1. The summed E-state index contributed by atoms with van der Waals surface area (Å²) in [5.74, 6) is 0.692. The van der Waals surface area contributed by atoms with E-state index in [9.17, 15) is 15.0 Å². The number of carbonyl (C=O) groups is 1. The van der Waals surface area contributed by atoms with Crippen LogP contribution in [0.2, 0.25) is 0 Å². The third-order valence-electron chi connectivity index (χ3n) is 6.06. The molecule has 0 aliphatic heterocycles. The number of aliphatic hydroxyl groups excluding tert-OH is 1. The quantitative estimate of drug-likeness (QED) is 0.740. The van der Waals surface area contributed by atoms with E-state index in [1.54, 1.807) is 0 Å². The van der Waals surface area contributed by atoms with Gasteiger partial charge in [0, 0.05) is 0 Å². The molecule has 0 aromatic rings. The minimum atomic E-state index is -0.657. The van der Waals surface area contributed by atoms with Crippen LogP contribution in [-0.2, 0) is 4.79 Å². The predicted molar refractivity (Wildman–Crippen MR) is 68.0 cm³/mol. The molecule has 3 nitrogen and oxygen atoms in total. The number of aliphatic carboxylic acids is 1. The average Bonchev–Trinajstić information content (AvgIpc) is 2.64. The Morgan fingerprint density at radius 2 is 2.17 bits per heavy atom. The molecular weight excluding hydrogens is 228 g/mol. The molecule has 3 aliphatic rings. The Bertz CT molecular complexity index is 427. The third kappa shape index (κ3) is 1.37. The summed E-state index contributed by atoms with van der Waals surface area (Å²) in [6.07, 6.45) is 6.08. The van der Waals surface area contributed by atoms with Crippen LogP contribution in [0.25, 0.3) is 0 Å². The molecule has 0 radical (unpaired) electrons. The molecule has 0 amide bonds. The van der Waals surface area contributed by atoms with Crippen LogP contribution in [0.15, 0.2) is 11.6 Å². The van der Waals surface area contributed by atoms with Crippen molar-refractivity contribution in [2.75, 3.05) is 6.61 Å². The van der Waals surface area contributed by atoms with Gasteiger partial charge in [0.2, 0.25) is 0 Å². The summed E-state index contributed by atoms with van der Waals surface area (Å²) in [6, 6.07) is 0. The Labute approximate surface area is 108 Å². The van der Waals surface area contributed by atoms with E-state index in [1.165, 1.54) is 12.0 Å². The Kier molecular flexibility index (Phi) is 2.44. The second-order valence-electron chi connectivity index (χ2n) is 7.04. The second kappa shape index (κ2) is 3.60. The van der Waals surface area contributed by atoms with Crippen molar-refractivity contribution in [1.82, 2.24) is 0 Å². The molecule has 5 atom stereocenters. The number of aliphatic hydroxyl groups is 1. The normalized spacial score (nSPS) is 49.9. The summed E-state index contributed by atoms with van der Waals surface area (Å²) in [4.78, 5) is 11.5. The van der Waals surface area contributed by atoms with E-state index in [-0.39, 0.29) is 12.0 Å². The van der Waals surface area contributed by atoms with Gasteiger partial charge in [0.25, 0.3) is 0 Å². The fraction of sp³-hybridized carbons (Fsp3) is 0.800. The standard InChI is InChI=1S/C15H22O3/c1-14(13(17)18)6-9-5-10(8-16)11-3-4-15(11,2)12(9)7-14/h5,9,11-12,16H,3-4,6-8H2,1-2H3,(H,17,18)/t9-,11+,12+,14-,15+/m1/s1. The van der Waals surface area contributed by atoms with Crippen LogP contribution in [-0.4, -0.2) is 22.8 Å². The molecule has 3 aliphatic carbocycles. The van der Waals surface area contributed by atoms with Gasteiger partial charge in [0.1, 0.15) is 0 Å². The van der Waals surface area contributed by atoms with Crippen molar-refractivity contribution in [1.29, 1.82) is 0 Å². The first-order chi connectivity index (χ1) is 8.40. The molecule has 0 saturated heterocycles. The SMILES string of the molecule is C[C@@]1(C(=O)O)C[C@H]2C=C(CO)[C@@H]3CC[C@]3(C)[C@H]2C1. The average molecular weight is 250 g/mol. The fourth-order valence-corrected chi connectivity index (χ4v) is 4.81. The second-order valence-corrected chi connectivity index (χ2v) is 7.04. The van der Waals surface area contributed by atoms with Crippen LogP contribution < -0.4 is 0 Å². The number of carboxylic acid groups (broad SMARTS) is 1. The molecular formula is C15H22O3. The van der Waals surface area contributed by atoms with E-state index in [1.807, 2.05) is 6.92 Å². The highest BCUT2D eigenvalue weighted by Crippen LogP contribution is 2.66. The third-order valence-corrected chi connectivity index (χ3v) is 6.06. The van der Waals surface area contributed by atoms with Gasteiger partial charge in [-0.1, -0.05) is 13.0 Å².